The molecule has 2 nitrogen and oxygen atoms in total. The average Bonchev–Trinajstić information content (AvgIpc) is 2.43. The van der Waals surface area contributed by atoms with Crippen LogP contribution in [0.3, 0.4) is 0 Å². The lowest BCUT2D eigenvalue weighted by Gasteiger charge is -2.01. The molecule has 0 radical (unpaired) electrons. The first-order valence-corrected chi connectivity index (χ1v) is 8.29. The van der Waals surface area contributed by atoms with Crippen molar-refractivity contribution in [3.63, 3.8) is 0 Å². The van der Waals surface area contributed by atoms with E-state index in [2.05, 4.69) is 31.2 Å². The number of allylic oxidation sites excluding steroid dienone is 4. The van der Waals surface area contributed by atoms with Crippen LogP contribution in [0.4, 0.5) is 0 Å². The number of rotatable bonds is 14. The lowest BCUT2D eigenvalue weighted by Crippen LogP contribution is -2.21. The SMILES string of the molecule is CCCCCCC=CC=CCCCCCCCC(=O)[O-]. The lowest BCUT2D eigenvalue weighted by atomic mass is 10.1. The van der Waals surface area contributed by atoms with Gasteiger partial charge < -0.3 is 9.90 Å². The zero-order valence-electron chi connectivity index (χ0n) is 13.1. The molecule has 0 aliphatic rings. The van der Waals surface area contributed by atoms with E-state index in [9.17, 15) is 9.90 Å². The van der Waals surface area contributed by atoms with Crippen LogP contribution in [-0.4, -0.2) is 5.97 Å². The Morgan fingerprint density at radius 1 is 0.800 bits per heavy atom. The van der Waals surface area contributed by atoms with E-state index in [-0.39, 0.29) is 6.42 Å². The summed E-state index contributed by atoms with van der Waals surface area (Å²) in [6.07, 6.45) is 21.9. The minimum absolute atomic E-state index is 0.211. The van der Waals surface area contributed by atoms with Gasteiger partial charge in [0.2, 0.25) is 0 Å². The second-order valence-electron chi connectivity index (χ2n) is 5.38. The monoisotopic (exact) mass is 279 g/mol. The summed E-state index contributed by atoms with van der Waals surface area (Å²) < 4.78 is 0. The topological polar surface area (TPSA) is 40.1 Å². The lowest BCUT2D eigenvalue weighted by molar-refractivity contribution is -0.305. The smallest absolute Gasteiger partial charge is 0.0414 e. The molecule has 0 fully saturated rings. The Morgan fingerprint density at radius 2 is 1.30 bits per heavy atom. The summed E-state index contributed by atoms with van der Waals surface area (Å²) >= 11 is 0. The third-order valence-corrected chi connectivity index (χ3v) is 3.36. The second-order valence-corrected chi connectivity index (χ2v) is 5.38. The van der Waals surface area contributed by atoms with Gasteiger partial charge in [0.05, 0.1) is 0 Å². The first kappa shape index (κ1) is 18.9. The van der Waals surface area contributed by atoms with Crippen molar-refractivity contribution in [3.05, 3.63) is 24.3 Å². The standard InChI is InChI=1S/C18H32O2/c1-2-3-4-5-6-7-8-9-10-11-12-13-14-15-16-17-18(19)20/h7-10H,2-6,11-17H2,1H3,(H,19,20)/p-1. The molecule has 0 unspecified atom stereocenters. The Bertz CT molecular complexity index is 267. The predicted octanol–water partition coefficient (Wildman–Crippen LogP) is 4.55. The van der Waals surface area contributed by atoms with Crippen LogP contribution in [0.1, 0.15) is 84.0 Å². The van der Waals surface area contributed by atoms with Gasteiger partial charge in [-0.05, 0) is 38.5 Å². The predicted molar refractivity (Wildman–Crippen MR) is 84.4 cm³/mol. The van der Waals surface area contributed by atoms with Crippen LogP contribution in [0.5, 0.6) is 0 Å². The van der Waals surface area contributed by atoms with E-state index >= 15 is 0 Å². The van der Waals surface area contributed by atoms with Crippen molar-refractivity contribution in [2.75, 3.05) is 0 Å². The number of aliphatic carboxylic acids is 1. The molecule has 0 bridgehead atoms. The number of carbonyl (C=O) groups excluding carboxylic acids is 1. The largest absolute Gasteiger partial charge is 0.550 e. The van der Waals surface area contributed by atoms with Gasteiger partial charge in [0.1, 0.15) is 0 Å². The summed E-state index contributed by atoms with van der Waals surface area (Å²) in [4.78, 5) is 10.2. The fourth-order valence-corrected chi connectivity index (χ4v) is 2.10. The van der Waals surface area contributed by atoms with E-state index in [4.69, 9.17) is 0 Å². The van der Waals surface area contributed by atoms with Crippen LogP contribution in [0, 0.1) is 0 Å². The number of hydrogen-bond donors (Lipinski definition) is 0. The van der Waals surface area contributed by atoms with Crippen LogP contribution >= 0.6 is 0 Å². The van der Waals surface area contributed by atoms with E-state index in [1.807, 2.05) is 0 Å². The number of hydrogen-bond acceptors (Lipinski definition) is 2. The molecular weight excluding hydrogens is 248 g/mol. The molecule has 0 heterocycles. The second kappa shape index (κ2) is 16.0. The Morgan fingerprint density at radius 3 is 1.85 bits per heavy atom. The summed E-state index contributed by atoms with van der Waals surface area (Å²) in [5.41, 5.74) is 0. The van der Waals surface area contributed by atoms with E-state index < -0.39 is 5.97 Å². The number of carboxylic acid groups (broad SMARTS) is 1. The van der Waals surface area contributed by atoms with Crippen molar-refractivity contribution < 1.29 is 9.90 Å². The van der Waals surface area contributed by atoms with Gasteiger partial charge in [0.25, 0.3) is 0 Å². The van der Waals surface area contributed by atoms with Crippen LogP contribution in [-0.2, 0) is 4.79 Å². The quantitative estimate of drug-likeness (QED) is 0.346. The van der Waals surface area contributed by atoms with E-state index in [0.29, 0.717) is 0 Å². The van der Waals surface area contributed by atoms with Gasteiger partial charge in [-0.25, -0.2) is 0 Å². The highest BCUT2D eigenvalue weighted by Gasteiger charge is 1.90. The Hall–Kier alpha value is -1.05. The normalized spacial score (nSPS) is 11.7. The van der Waals surface area contributed by atoms with E-state index in [1.165, 1.54) is 44.9 Å². The van der Waals surface area contributed by atoms with Crippen molar-refractivity contribution in [1.29, 1.82) is 0 Å². The van der Waals surface area contributed by atoms with Crippen LogP contribution in [0.2, 0.25) is 0 Å². The van der Waals surface area contributed by atoms with Crippen molar-refractivity contribution in [2.45, 2.75) is 84.0 Å². The van der Waals surface area contributed by atoms with E-state index in [1.54, 1.807) is 0 Å². The van der Waals surface area contributed by atoms with Gasteiger partial charge in [0.15, 0.2) is 0 Å². The molecule has 2 heteroatoms. The average molecular weight is 279 g/mol. The molecule has 0 amide bonds. The Kier molecular flexibility index (Phi) is 15.2. The van der Waals surface area contributed by atoms with E-state index in [0.717, 1.165) is 25.7 Å². The highest BCUT2D eigenvalue weighted by atomic mass is 16.4. The zero-order valence-corrected chi connectivity index (χ0v) is 13.1. The molecule has 0 aliphatic heterocycles. The van der Waals surface area contributed by atoms with Crippen molar-refractivity contribution >= 4 is 5.97 Å². The number of carboxylic acids is 1. The molecule has 0 N–H and O–H groups in total. The number of unbranched alkanes of at least 4 members (excludes halogenated alkanes) is 9. The minimum Gasteiger partial charge on any atom is -0.550 e. The summed E-state index contributed by atoms with van der Waals surface area (Å²) in [6, 6.07) is 0. The first-order chi connectivity index (χ1) is 9.77. The third-order valence-electron chi connectivity index (χ3n) is 3.36. The van der Waals surface area contributed by atoms with Gasteiger partial charge in [-0.2, -0.15) is 0 Å². The molecule has 0 saturated carbocycles. The van der Waals surface area contributed by atoms with Crippen molar-refractivity contribution in [1.82, 2.24) is 0 Å². The molecule has 0 aromatic rings. The van der Waals surface area contributed by atoms with Gasteiger partial charge >= 0.3 is 0 Å². The molecule has 0 saturated heterocycles. The maximum atomic E-state index is 10.2. The fraction of sp³-hybridized carbons (Fsp3) is 0.722. The van der Waals surface area contributed by atoms with Crippen molar-refractivity contribution in [3.8, 4) is 0 Å². The highest BCUT2D eigenvalue weighted by Crippen LogP contribution is 2.07. The fourth-order valence-electron chi connectivity index (χ4n) is 2.10. The summed E-state index contributed by atoms with van der Waals surface area (Å²) in [6.45, 7) is 2.24. The van der Waals surface area contributed by atoms with Gasteiger partial charge in [0, 0.05) is 5.97 Å². The molecule has 116 valence electrons. The maximum Gasteiger partial charge on any atom is 0.0414 e. The van der Waals surface area contributed by atoms with Gasteiger partial charge in [-0.1, -0.05) is 69.8 Å². The van der Waals surface area contributed by atoms with Crippen LogP contribution in [0.25, 0.3) is 0 Å². The first-order valence-electron chi connectivity index (χ1n) is 8.29. The maximum absolute atomic E-state index is 10.2. The van der Waals surface area contributed by atoms with Crippen LogP contribution < -0.4 is 5.11 Å². The molecule has 0 spiro atoms. The molecule has 0 aliphatic carbocycles. The summed E-state index contributed by atoms with van der Waals surface area (Å²) in [5, 5.41) is 10.2. The Labute approximate surface area is 125 Å². The summed E-state index contributed by atoms with van der Waals surface area (Å²) in [7, 11) is 0. The van der Waals surface area contributed by atoms with Crippen LogP contribution in [0.15, 0.2) is 24.3 Å². The molecule has 20 heavy (non-hydrogen) atoms. The van der Waals surface area contributed by atoms with Crippen molar-refractivity contribution in [2.24, 2.45) is 0 Å². The molecule has 0 rings (SSSR count). The summed E-state index contributed by atoms with van der Waals surface area (Å²) in [5.74, 6) is -0.922. The highest BCUT2D eigenvalue weighted by molar-refractivity contribution is 5.63. The molecular formula is C18H31O2-. The molecule has 0 aromatic carbocycles. The molecule has 0 aromatic heterocycles. The van der Waals surface area contributed by atoms with Gasteiger partial charge in [-0.3, -0.25) is 0 Å². The molecule has 0 atom stereocenters. The Balaban J connectivity index is 3.19. The van der Waals surface area contributed by atoms with Gasteiger partial charge in [-0.15, -0.1) is 0 Å². The minimum atomic E-state index is -0.922. The third kappa shape index (κ3) is 16.9. The zero-order chi connectivity index (χ0) is 14.9. The number of carbonyl (C=O) groups is 1.